The quantitative estimate of drug-likeness (QED) is 0.878. The number of carbonyl (C=O) groups is 1. The average molecular weight is 330 g/mol. The van der Waals surface area contributed by atoms with Crippen LogP contribution in [0, 0.1) is 0 Å². The summed E-state index contributed by atoms with van der Waals surface area (Å²) in [6, 6.07) is 9.61. The molecule has 1 fully saturated rings. The summed E-state index contributed by atoms with van der Waals surface area (Å²) in [5.41, 5.74) is -0.0570. The molecule has 1 saturated heterocycles. The van der Waals surface area contributed by atoms with E-state index < -0.39 is 5.60 Å². The van der Waals surface area contributed by atoms with E-state index in [-0.39, 0.29) is 18.0 Å². The van der Waals surface area contributed by atoms with Gasteiger partial charge in [-0.1, -0.05) is 30.3 Å². The summed E-state index contributed by atoms with van der Waals surface area (Å²) in [5, 5.41) is 9.59. The second kappa shape index (κ2) is 7.11. The number of hydrogen-bond acceptors (Lipinski definition) is 5. The summed E-state index contributed by atoms with van der Waals surface area (Å²) >= 11 is 0. The van der Waals surface area contributed by atoms with Crippen LogP contribution in [-0.4, -0.2) is 46.0 Å². The number of rotatable bonds is 5. The van der Waals surface area contributed by atoms with E-state index >= 15 is 0 Å². The molecule has 0 atom stereocenters. The summed E-state index contributed by atoms with van der Waals surface area (Å²) in [6.45, 7) is 4.85. The van der Waals surface area contributed by atoms with Gasteiger partial charge in [-0.2, -0.15) is 4.98 Å². The summed E-state index contributed by atoms with van der Waals surface area (Å²) < 4.78 is 11.3. The Morgan fingerprint density at radius 3 is 2.71 bits per heavy atom. The van der Waals surface area contributed by atoms with Crippen molar-refractivity contribution in [3.05, 3.63) is 30.3 Å². The van der Waals surface area contributed by atoms with Crippen LogP contribution in [0.1, 0.15) is 26.7 Å². The van der Waals surface area contributed by atoms with Gasteiger partial charge in [-0.25, -0.2) is 0 Å². The molecule has 128 valence electrons. The Bertz CT molecular complexity index is 678. The van der Waals surface area contributed by atoms with Gasteiger partial charge < -0.3 is 9.47 Å². The van der Waals surface area contributed by atoms with Crippen LogP contribution >= 0.6 is 0 Å². The van der Waals surface area contributed by atoms with Crippen molar-refractivity contribution in [1.82, 2.24) is 15.2 Å². The molecule has 0 aliphatic carbocycles. The average Bonchev–Trinajstić information content (AvgIpc) is 3.05. The molecule has 0 unspecified atom stereocenters. The zero-order valence-corrected chi connectivity index (χ0v) is 13.9. The van der Waals surface area contributed by atoms with E-state index in [1.165, 1.54) is 0 Å². The fourth-order valence-electron chi connectivity index (χ4n) is 2.56. The van der Waals surface area contributed by atoms with Gasteiger partial charge in [-0.05, 0) is 26.7 Å². The van der Waals surface area contributed by atoms with E-state index in [1.807, 2.05) is 30.3 Å². The first kappa shape index (κ1) is 16.6. The van der Waals surface area contributed by atoms with Crippen LogP contribution < -0.4 is 5.32 Å². The zero-order valence-electron chi connectivity index (χ0n) is 13.9. The predicted octanol–water partition coefficient (Wildman–Crippen LogP) is 2.38. The largest absolute Gasteiger partial charge is 0.381 e. The van der Waals surface area contributed by atoms with E-state index in [4.69, 9.17) is 9.47 Å². The molecule has 1 aliphatic rings. The Morgan fingerprint density at radius 2 is 2.00 bits per heavy atom. The highest BCUT2D eigenvalue weighted by Gasteiger charge is 2.33. The van der Waals surface area contributed by atoms with Crippen molar-refractivity contribution in [3.8, 4) is 11.4 Å². The number of anilines is 1. The monoisotopic (exact) mass is 330 g/mol. The first-order valence-electron chi connectivity index (χ1n) is 8.09. The summed E-state index contributed by atoms with van der Waals surface area (Å²) in [4.78, 5) is 16.8. The maximum atomic E-state index is 12.5. The first-order valence-corrected chi connectivity index (χ1v) is 8.09. The fraction of sp³-hybridized carbons (Fsp3) is 0.471. The predicted molar refractivity (Wildman–Crippen MR) is 89.5 cm³/mol. The molecule has 24 heavy (non-hydrogen) atoms. The van der Waals surface area contributed by atoms with E-state index in [2.05, 4.69) is 20.5 Å². The minimum atomic E-state index is -0.963. The summed E-state index contributed by atoms with van der Waals surface area (Å²) in [7, 11) is 0. The number of aromatic nitrogens is 3. The highest BCUT2D eigenvalue weighted by atomic mass is 16.5. The molecule has 1 aromatic carbocycles. The van der Waals surface area contributed by atoms with Gasteiger partial charge in [0, 0.05) is 18.8 Å². The Labute approximate surface area is 140 Å². The van der Waals surface area contributed by atoms with Crippen LogP contribution in [0.25, 0.3) is 11.4 Å². The number of benzene rings is 1. The van der Waals surface area contributed by atoms with Gasteiger partial charge in [0.1, 0.15) is 5.60 Å². The molecule has 2 N–H and O–H groups in total. The van der Waals surface area contributed by atoms with Crippen molar-refractivity contribution in [3.63, 3.8) is 0 Å². The number of hydrogen-bond donors (Lipinski definition) is 2. The molecule has 7 heteroatoms. The molecule has 3 rings (SSSR count). The second-order valence-corrected chi connectivity index (χ2v) is 6.27. The highest BCUT2D eigenvalue weighted by Crippen LogP contribution is 2.21. The molecule has 2 heterocycles. The number of amides is 1. The highest BCUT2D eigenvalue weighted by molar-refractivity contribution is 5.95. The van der Waals surface area contributed by atoms with Gasteiger partial charge >= 0.3 is 0 Å². The number of aromatic amines is 1. The fourth-order valence-corrected chi connectivity index (χ4v) is 2.56. The van der Waals surface area contributed by atoms with Gasteiger partial charge in [0.2, 0.25) is 5.95 Å². The van der Waals surface area contributed by atoms with E-state index in [1.54, 1.807) is 13.8 Å². The number of nitrogens with one attached hydrogen (secondary N) is 2. The molecule has 2 aromatic rings. The number of nitrogens with zero attached hydrogens (tertiary/aromatic N) is 2. The SMILES string of the molecule is CC(C)(OC1CCOCC1)C(=O)Nc1n[nH]c(-c2ccccc2)n1. The van der Waals surface area contributed by atoms with E-state index in [9.17, 15) is 4.79 Å². The Balaban J connectivity index is 1.62. The number of ether oxygens (including phenoxy) is 2. The molecular weight excluding hydrogens is 308 g/mol. The lowest BCUT2D eigenvalue weighted by molar-refractivity contribution is -0.151. The van der Waals surface area contributed by atoms with E-state index in [0.717, 1.165) is 18.4 Å². The van der Waals surface area contributed by atoms with Crippen molar-refractivity contribution >= 4 is 11.9 Å². The van der Waals surface area contributed by atoms with E-state index in [0.29, 0.717) is 19.0 Å². The molecule has 0 spiro atoms. The topological polar surface area (TPSA) is 89.1 Å². The Hall–Kier alpha value is -2.25. The van der Waals surface area contributed by atoms with Crippen molar-refractivity contribution in [2.45, 2.75) is 38.4 Å². The van der Waals surface area contributed by atoms with Gasteiger partial charge in [-0.3, -0.25) is 15.2 Å². The number of H-pyrrole nitrogens is 1. The van der Waals surface area contributed by atoms with Gasteiger partial charge in [0.05, 0.1) is 6.10 Å². The van der Waals surface area contributed by atoms with Crippen molar-refractivity contribution < 1.29 is 14.3 Å². The first-order chi connectivity index (χ1) is 11.5. The van der Waals surface area contributed by atoms with Gasteiger partial charge in [0.25, 0.3) is 5.91 Å². The molecule has 1 aromatic heterocycles. The molecule has 0 saturated carbocycles. The van der Waals surface area contributed by atoms with Crippen molar-refractivity contribution in [1.29, 1.82) is 0 Å². The van der Waals surface area contributed by atoms with Crippen LogP contribution in [0.2, 0.25) is 0 Å². The van der Waals surface area contributed by atoms with Crippen LogP contribution in [0.3, 0.4) is 0 Å². The van der Waals surface area contributed by atoms with Gasteiger partial charge in [0.15, 0.2) is 5.82 Å². The third kappa shape index (κ3) is 3.98. The van der Waals surface area contributed by atoms with Crippen molar-refractivity contribution in [2.75, 3.05) is 18.5 Å². The molecule has 0 bridgehead atoms. The molecular formula is C17H22N4O3. The molecule has 0 radical (unpaired) electrons. The normalized spacial score (nSPS) is 16.1. The Morgan fingerprint density at radius 1 is 1.29 bits per heavy atom. The third-order valence-electron chi connectivity index (χ3n) is 3.93. The van der Waals surface area contributed by atoms with Crippen molar-refractivity contribution in [2.24, 2.45) is 0 Å². The zero-order chi connectivity index (χ0) is 17.0. The van der Waals surface area contributed by atoms with Gasteiger partial charge in [-0.15, -0.1) is 5.10 Å². The summed E-state index contributed by atoms with van der Waals surface area (Å²) in [6.07, 6.45) is 1.64. The Kier molecular flexibility index (Phi) is 4.92. The van der Waals surface area contributed by atoms with Crippen LogP contribution in [-0.2, 0) is 14.3 Å². The van der Waals surface area contributed by atoms with Crippen LogP contribution in [0.4, 0.5) is 5.95 Å². The maximum absolute atomic E-state index is 12.5. The lowest BCUT2D eigenvalue weighted by atomic mass is 10.1. The molecule has 1 aliphatic heterocycles. The second-order valence-electron chi connectivity index (χ2n) is 6.27. The minimum absolute atomic E-state index is 0.0338. The van der Waals surface area contributed by atoms with Crippen LogP contribution in [0.5, 0.6) is 0 Å². The van der Waals surface area contributed by atoms with Crippen LogP contribution in [0.15, 0.2) is 30.3 Å². The minimum Gasteiger partial charge on any atom is -0.381 e. The lowest BCUT2D eigenvalue weighted by Crippen LogP contribution is -2.44. The molecule has 1 amide bonds. The lowest BCUT2D eigenvalue weighted by Gasteiger charge is -2.31. The smallest absolute Gasteiger partial charge is 0.258 e. The standard InChI is InChI=1S/C17H22N4O3/c1-17(2,24-13-8-10-23-11-9-13)15(22)19-16-18-14(20-21-16)12-6-4-3-5-7-12/h3-7,13H,8-11H2,1-2H3,(H2,18,19,20,21,22). The maximum Gasteiger partial charge on any atom is 0.258 e. The third-order valence-corrected chi connectivity index (χ3v) is 3.93. The number of carbonyl (C=O) groups excluding carboxylic acids is 1. The molecule has 7 nitrogen and oxygen atoms in total. The summed E-state index contributed by atoms with van der Waals surface area (Å²) in [5.74, 6) is 0.573.